The number of benzene rings is 1. The molecule has 0 saturated heterocycles. The number of carbonyl (C=O) groups is 1. The van der Waals surface area contributed by atoms with E-state index in [2.05, 4.69) is 0 Å². The Morgan fingerprint density at radius 3 is 2.47 bits per heavy atom. The summed E-state index contributed by atoms with van der Waals surface area (Å²) in [5.74, 6) is -0.361. The second-order valence-electron chi connectivity index (χ2n) is 4.26. The molecule has 3 heteroatoms. The summed E-state index contributed by atoms with van der Waals surface area (Å²) in [6, 6.07) is 9.45. The van der Waals surface area contributed by atoms with Crippen LogP contribution in [0.25, 0.3) is 0 Å². The van der Waals surface area contributed by atoms with Crippen molar-refractivity contribution in [2.75, 3.05) is 6.54 Å². The molecule has 0 atom stereocenters. The van der Waals surface area contributed by atoms with Gasteiger partial charge in [-0.15, -0.1) is 0 Å². The summed E-state index contributed by atoms with van der Waals surface area (Å²) in [5.41, 5.74) is 5.77. The lowest BCUT2D eigenvalue weighted by atomic mass is 9.58. The summed E-state index contributed by atoms with van der Waals surface area (Å²) in [7, 11) is 0. The van der Waals surface area contributed by atoms with E-state index in [0.717, 1.165) is 5.56 Å². The average Bonchev–Trinajstić information content (AvgIpc) is 2.18. The zero-order chi connectivity index (χ0) is 10.9. The number of rotatable bonds is 3. The lowest BCUT2D eigenvalue weighted by molar-refractivity contribution is -0.149. The van der Waals surface area contributed by atoms with E-state index in [1.807, 2.05) is 30.3 Å². The summed E-state index contributed by atoms with van der Waals surface area (Å²) < 4.78 is 0. The molecule has 1 aromatic rings. The minimum atomic E-state index is -0.724. The maximum absolute atomic E-state index is 11.3. The molecule has 15 heavy (non-hydrogen) atoms. The molecule has 0 bridgehead atoms. The fraction of sp³-hybridized carbons (Fsp3) is 0.417. The molecule has 1 saturated carbocycles. The Morgan fingerprint density at radius 2 is 2.00 bits per heavy atom. The average molecular weight is 205 g/mol. The summed E-state index contributed by atoms with van der Waals surface area (Å²) >= 11 is 0. The first-order chi connectivity index (χ1) is 7.19. The highest BCUT2D eigenvalue weighted by Crippen LogP contribution is 2.47. The summed E-state index contributed by atoms with van der Waals surface area (Å²) in [6.45, 7) is 0.585. The summed E-state index contributed by atoms with van der Waals surface area (Å²) in [5, 5.41) is 9.31. The molecule has 1 aliphatic carbocycles. The van der Waals surface area contributed by atoms with Crippen LogP contribution in [0.15, 0.2) is 30.3 Å². The molecule has 2 rings (SSSR count). The Morgan fingerprint density at radius 1 is 1.40 bits per heavy atom. The topological polar surface area (TPSA) is 63.3 Å². The standard InChI is InChI=1S/C12H15NO2/c13-8-9-6-12(7-9,11(14)15)10-4-2-1-3-5-10/h1-5,9H,6-8,13H2,(H,14,15). The van der Waals surface area contributed by atoms with E-state index >= 15 is 0 Å². The van der Waals surface area contributed by atoms with Crippen LogP contribution < -0.4 is 5.73 Å². The van der Waals surface area contributed by atoms with Gasteiger partial charge in [0.15, 0.2) is 0 Å². The van der Waals surface area contributed by atoms with Crippen LogP contribution in [0.3, 0.4) is 0 Å². The van der Waals surface area contributed by atoms with E-state index in [0.29, 0.717) is 25.3 Å². The van der Waals surface area contributed by atoms with Crippen molar-refractivity contribution in [1.82, 2.24) is 0 Å². The van der Waals surface area contributed by atoms with Gasteiger partial charge in [0.1, 0.15) is 0 Å². The number of carboxylic acids is 1. The predicted molar refractivity (Wildman–Crippen MR) is 57.5 cm³/mol. The first-order valence-electron chi connectivity index (χ1n) is 5.18. The molecule has 0 aliphatic heterocycles. The molecule has 1 aliphatic rings. The van der Waals surface area contributed by atoms with Gasteiger partial charge in [-0.3, -0.25) is 4.79 Å². The van der Waals surface area contributed by atoms with Crippen molar-refractivity contribution in [1.29, 1.82) is 0 Å². The minimum absolute atomic E-state index is 0.362. The van der Waals surface area contributed by atoms with Gasteiger partial charge in [-0.25, -0.2) is 0 Å². The summed E-state index contributed by atoms with van der Waals surface area (Å²) in [4.78, 5) is 11.3. The summed E-state index contributed by atoms with van der Waals surface area (Å²) in [6.07, 6.45) is 1.34. The van der Waals surface area contributed by atoms with Gasteiger partial charge in [-0.2, -0.15) is 0 Å². The Labute approximate surface area is 88.9 Å². The highest BCUT2D eigenvalue weighted by Gasteiger charge is 2.50. The van der Waals surface area contributed by atoms with E-state index in [1.165, 1.54) is 0 Å². The highest BCUT2D eigenvalue weighted by atomic mass is 16.4. The molecule has 3 nitrogen and oxygen atoms in total. The van der Waals surface area contributed by atoms with Gasteiger partial charge in [0.2, 0.25) is 0 Å². The number of nitrogens with two attached hydrogens (primary N) is 1. The molecule has 0 spiro atoms. The Bertz CT molecular complexity index is 355. The molecule has 0 amide bonds. The fourth-order valence-corrected chi connectivity index (χ4v) is 2.38. The molecule has 3 N–H and O–H groups in total. The van der Waals surface area contributed by atoms with Gasteiger partial charge in [-0.1, -0.05) is 30.3 Å². The van der Waals surface area contributed by atoms with Crippen LogP contribution in [-0.2, 0) is 10.2 Å². The second-order valence-corrected chi connectivity index (χ2v) is 4.26. The van der Waals surface area contributed by atoms with Gasteiger partial charge in [0, 0.05) is 0 Å². The van der Waals surface area contributed by atoms with Crippen LogP contribution >= 0.6 is 0 Å². The van der Waals surface area contributed by atoms with Crippen LogP contribution in [-0.4, -0.2) is 17.6 Å². The van der Waals surface area contributed by atoms with E-state index < -0.39 is 11.4 Å². The van der Waals surface area contributed by atoms with Gasteiger partial charge >= 0.3 is 5.97 Å². The molecule has 0 heterocycles. The van der Waals surface area contributed by atoms with Crippen molar-refractivity contribution >= 4 is 5.97 Å². The third-order valence-electron chi connectivity index (χ3n) is 3.34. The Kier molecular flexibility index (Phi) is 2.49. The quantitative estimate of drug-likeness (QED) is 0.783. The van der Waals surface area contributed by atoms with Gasteiger partial charge < -0.3 is 10.8 Å². The van der Waals surface area contributed by atoms with Crippen molar-refractivity contribution in [3.63, 3.8) is 0 Å². The first-order valence-corrected chi connectivity index (χ1v) is 5.18. The largest absolute Gasteiger partial charge is 0.481 e. The van der Waals surface area contributed by atoms with Crippen LogP contribution in [0.5, 0.6) is 0 Å². The second kappa shape index (κ2) is 3.66. The molecule has 0 radical (unpaired) electrons. The molecule has 0 unspecified atom stereocenters. The number of hydrogen-bond acceptors (Lipinski definition) is 2. The van der Waals surface area contributed by atoms with E-state index in [1.54, 1.807) is 0 Å². The van der Waals surface area contributed by atoms with Crippen molar-refractivity contribution in [2.24, 2.45) is 11.7 Å². The van der Waals surface area contributed by atoms with E-state index in [-0.39, 0.29) is 0 Å². The van der Waals surface area contributed by atoms with Crippen molar-refractivity contribution in [3.8, 4) is 0 Å². The normalized spacial score (nSPS) is 29.5. The van der Waals surface area contributed by atoms with E-state index in [9.17, 15) is 9.90 Å². The Balaban J connectivity index is 2.27. The van der Waals surface area contributed by atoms with Crippen LogP contribution in [0.1, 0.15) is 18.4 Å². The fourth-order valence-electron chi connectivity index (χ4n) is 2.38. The number of aliphatic carboxylic acids is 1. The highest BCUT2D eigenvalue weighted by molar-refractivity contribution is 5.82. The molecule has 0 aromatic heterocycles. The van der Waals surface area contributed by atoms with Crippen LogP contribution in [0.4, 0.5) is 0 Å². The van der Waals surface area contributed by atoms with Gasteiger partial charge in [0.25, 0.3) is 0 Å². The SMILES string of the molecule is NCC1CC(C(=O)O)(c2ccccc2)C1. The van der Waals surface area contributed by atoms with Crippen LogP contribution in [0.2, 0.25) is 0 Å². The van der Waals surface area contributed by atoms with Crippen molar-refractivity contribution in [2.45, 2.75) is 18.3 Å². The minimum Gasteiger partial charge on any atom is -0.481 e. The maximum Gasteiger partial charge on any atom is 0.314 e. The first kappa shape index (κ1) is 10.2. The molecule has 80 valence electrons. The third kappa shape index (κ3) is 1.53. The number of hydrogen-bond donors (Lipinski definition) is 2. The van der Waals surface area contributed by atoms with Crippen molar-refractivity contribution < 1.29 is 9.90 Å². The predicted octanol–water partition coefficient (Wildman–Crippen LogP) is 1.38. The van der Waals surface area contributed by atoms with Crippen molar-refractivity contribution in [3.05, 3.63) is 35.9 Å². The Hall–Kier alpha value is -1.35. The zero-order valence-corrected chi connectivity index (χ0v) is 8.52. The lowest BCUT2D eigenvalue weighted by Gasteiger charge is -2.44. The third-order valence-corrected chi connectivity index (χ3v) is 3.34. The molecular weight excluding hydrogens is 190 g/mol. The van der Waals surface area contributed by atoms with Gasteiger partial charge in [-0.05, 0) is 30.9 Å². The molecular formula is C12H15NO2. The van der Waals surface area contributed by atoms with Gasteiger partial charge in [0.05, 0.1) is 5.41 Å². The lowest BCUT2D eigenvalue weighted by Crippen LogP contribution is -2.49. The molecule has 1 fully saturated rings. The maximum atomic E-state index is 11.3. The monoisotopic (exact) mass is 205 g/mol. The van der Waals surface area contributed by atoms with Crippen LogP contribution in [0, 0.1) is 5.92 Å². The van der Waals surface area contributed by atoms with E-state index in [4.69, 9.17) is 5.73 Å². The zero-order valence-electron chi connectivity index (χ0n) is 8.52. The molecule has 1 aromatic carbocycles. The number of carboxylic acid groups (broad SMARTS) is 1. The smallest absolute Gasteiger partial charge is 0.314 e.